The van der Waals surface area contributed by atoms with Gasteiger partial charge in [-0.05, 0) is 12.5 Å². The Bertz CT molecular complexity index is 368. The lowest BCUT2D eigenvalue weighted by atomic mass is 10.1. The lowest BCUT2D eigenvalue weighted by Crippen LogP contribution is -2.19. The molecule has 1 aromatic heterocycles. The number of anilines is 1. The number of hydrogen-bond donors (Lipinski definition) is 1. The maximum absolute atomic E-state index is 12.0. The van der Waals surface area contributed by atoms with Gasteiger partial charge in [-0.2, -0.15) is 0 Å². The number of aromatic nitrogens is 1. The fourth-order valence-corrected chi connectivity index (χ4v) is 1.65. The highest BCUT2D eigenvalue weighted by Crippen LogP contribution is 2.30. The highest BCUT2D eigenvalue weighted by molar-refractivity contribution is 9.08. The molecule has 15 heavy (non-hydrogen) atoms. The summed E-state index contributed by atoms with van der Waals surface area (Å²) in [5.74, 6) is -0.467. The SMILES string of the molecule is Cc1c(N)cnc(OC(F)(F)F)c1CBr. The Hall–Kier alpha value is -0.980. The zero-order valence-corrected chi connectivity index (χ0v) is 9.32. The molecule has 7 heteroatoms. The van der Waals surface area contributed by atoms with Crippen molar-refractivity contribution in [2.24, 2.45) is 0 Å². The first-order valence-corrected chi connectivity index (χ1v) is 5.03. The Labute approximate surface area is 92.6 Å². The number of alkyl halides is 4. The van der Waals surface area contributed by atoms with Crippen LogP contribution in [-0.4, -0.2) is 11.3 Å². The third-order valence-corrected chi connectivity index (χ3v) is 2.37. The van der Waals surface area contributed by atoms with Crippen molar-refractivity contribution >= 4 is 21.6 Å². The molecule has 1 aromatic rings. The molecule has 0 saturated heterocycles. The Morgan fingerprint density at radius 2 is 2.13 bits per heavy atom. The van der Waals surface area contributed by atoms with E-state index in [0.717, 1.165) is 6.20 Å². The molecule has 0 radical (unpaired) electrons. The van der Waals surface area contributed by atoms with Gasteiger partial charge in [0, 0.05) is 10.9 Å². The van der Waals surface area contributed by atoms with Crippen LogP contribution in [0.5, 0.6) is 5.88 Å². The molecule has 0 unspecified atom stereocenters. The molecular formula is C8H8BrF3N2O. The molecule has 1 rings (SSSR count). The molecule has 0 fully saturated rings. The van der Waals surface area contributed by atoms with E-state index < -0.39 is 12.2 Å². The lowest BCUT2D eigenvalue weighted by Gasteiger charge is -2.13. The number of pyridine rings is 1. The van der Waals surface area contributed by atoms with Crippen LogP contribution < -0.4 is 10.5 Å². The van der Waals surface area contributed by atoms with E-state index >= 15 is 0 Å². The van der Waals surface area contributed by atoms with Gasteiger partial charge >= 0.3 is 6.36 Å². The van der Waals surface area contributed by atoms with Crippen molar-refractivity contribution in [1.29, 1.82) is 0 Å². The van der Waals surface area contributed by atoms with Gasteiger partial charge in [-0.25, -0.2) is 4.98 Å². The molecule has 0 atom stereocenters. The normalized spacial score (nSPS) is 11.5. The molecule has 0 saturated carbocycles. The van der Waals surface area contributed by atoms with E-state index in [0.29, 0.717) is 16.8 Å². The van der Waals surface area contributed by atoms with Gasteiger partial charge in [-0.15, -0.1) is 13.2 Å². The maximum Gasteiger partial charge on any atom is 0.574 e. The minimum absolute atomic E-state index is 0.197. The molecule has 3 nitrogen and oxygen atoms in total. The van der Waals surface area contributed by atoms with Crippen LogP contribution in [0.3, 0.4) is 0 Å². The lowest BCUT2D eigenvalue weighted by molar-refractivity contribution is -0.276. The Morgan fingerprint density at radius 1 is 1.53 bits per heavy atom. The van der Waals surface area contributed by atoms with Crippen molar-refractivity contribution in [3.05, 3.63) is 17.3 Å². The summed E-state index contributed by atoms with van der Waals surface area (Å²) in [5.41, 5.74) is 6.67. The molecule has 0 aromatic carbocycles. The zero-order chi connectivity index (χ0) is 11.6. The van der Waals surface area contributed by atoms with Crippen LogP contribution in [-0.2, 0) is 5.33 Å². The average molecular weight is 285 g/mol. The van der Waals surface area contributed by atoms with Crippen molar-refractivity contribution in [3.63, 3.8) is 0 Å². The van der Waals surface area contributed by atoms with Crippen molar-refractivity contribution < 1.29 is 17.9 Å². The fourth-order valence-electron chi connectivity index (χ4n) is 0.992. The van der Waals surface area contributed by atoms with Gasteiger partial charge in [0.15, 0.2) is 0 Å². The summed E-state index contributed by atoms with van der Waals surface area (Å²) in [6.07, 6.45) is -3.60. The van der Waals surface area contributed by atoms with E-state index in [-0.39, 0.29) is 5.33 Å². The number of ether oxygens (including phenoxy) is 1. The van der Waals surface area contributed by atoms with E-state index in [9.17, 15) is 13.2 Å². The smallest absolute Gasteiger partial charge is 0.397 e. The van der Waals surface area contributed by atoms with Gasteiger partial charge in [-0.3, -0.25) is 0 Å². The van der Waals surface area contributed by atoms with Crippen LogP contribution in [0.15, 0.2) is 6.20 Å². The number of nitrogen functional groups attached to an aromatic ring is 1. The third-order valence-electron chi connectivity index (χ3n) is 1.81. The number of rotatable bonds is 2. The van der Waals surface area contributed by atoms with Gasteiger partial charge in [-0.1, -0.05) is 15.9 Å². The first kappa shape index (κ1) is 12.1. The summed E-state index contributed by atoms with van der Waals surface area (Å²) in [4.78, 5) is 3.50. The van der Waals surface area contributed by atoms with Crippen LogP contribution in [0.4, 0.5) is 18.9 Å². The third kappa shape index (κ3) is 2.98. The van der Waals surface area contributed by atoms with Crippen LogP contribution in [0.1, 0.15) is 11.1 Å². The van der Waals surface area contributed by atoms with Crippen LogP contribution >= 0.6 is 15.9 Å². The van der Waals surface area contributed by atoms with E-state index in [1.807, 2.05) is 0 Å². The van der Waals surface area contributed by atoms with Crippen LogP contribution in [0, 0.1) is 6.92 Å². The highest BCUT2D eigenvalue weighted by atomic mass is 79.9. The standard InChI is InChI=1S/C8H8BrF3N2O/c1-4-5(2-9)7(14-3-6(4)13)15-8(10,11)12/h3H,2,13H2,1H3. The first-order valence-electron chi connectivity index (χ1n) is 3.91. The summed E-state index contributed by atoms with van der Waals surface area (Å²) in [6, 6.07) is 0. The van der Waals surface area contributed by atoms with E-state index in [1.54, 1.807) is 6.92 Å². The second-order valence-electron chi connectivity index (χ2n) is 2.80. The maximum atomic E-state index is 12.0. The molecule has 0 aliphatic heterocycles. The first-order chi connectivity index (χ1) is 6.85. The molecule has 84 valence electrons. The van der Waals surface area contributed by atoms with Gasteiger partial charge < -0.3 is 10.5 Å². The molecule has 0 aliphatic rings. The minimum atomic E-state index is -4.74. The number of halogens is 4. The summed E-state index contributed by atoms with van der Waals surface area (Å²) < 4.78 is 39.7. The summed E-state index contributed by atoms with van der Waals surface area (Å²) in [7, 11) is 0. The molecule has 0 amide bonds. The molecule has 0 bridgehead atoms. The van der Waals surface area contributed by atoms with Crippen molar-refractivity contribution in [3.8, 4) is 5.88 Å². The van der Waals surface area contributed by atoms with Gasteiger partial charge in [0.2, 0.25) is 5.88 Å². The van der Waals surface area contributed by atoms with E-state index in [4.69, 9.17) is 5.73 Å². The molecule has 2 N–H and O–H groups in total. The van der Waals surface area contributed by atoms with E-state index in [1.165, 1.54) is 0 Å². The summed E-state index contributed by atoms with van der Waals surface area (Å²) in [5, 5.41) is 0.197. The number of nitrogens with two attached hydrogens (primary N) is 1. The number of hydrogen-bond acceptors (Lipinski definition) is 3. The predicted molar refractivity (Wildman–Crippen MR) is 52.7 cm³/mol. The van der Waals surface area contributed by atoms with Crippen LogP contribution in [0.25, 0.3) is 0 Å². The van der Waals surface area contributed by atoms with Crippen molar-refractivity contribution in [1.82, 2.24) is 4.98 Å². The van der Waals surface area contributed by atoms with Crippen molar-refractivity contribution in [2.75, 3.05) is 5.73 Å². The number of nitrogens with zero attached hydrogens (tertiary/aromatic N) is 1. The minimum Gasteiger partial charge on any atom is -0.397 e. The Kier molecular flexibility index (Phi) is 3.43. The second kappa shape index (κ2) is 4.26. The fraction of sp³-hybridized carbons (Fsp3) is 0.375. The Balaban J connectivity index is 3.14. The largest absolute Gasteiger partial charge is 0.574 e. The monoisotopic (exact) mass is 284 g/mol. The van der Waals surface area contributed by atoms with Gasteiger partial charge in [0.1, 0.15) is 0 Å². The predicted octanol–water partition coefficient (Wildman–Crippen LogP) is 2.77. The van der Waals surface area contributed by atoms with Crippen molar-refractivity contribution in [2.45, 2.75) is 18.6 Å². The molecule has 0 spiro atoms. The van der Waals surface area contributed by atoms with Gasteiger partial charge in [0.05, 0.1) is 11.9 Å². The topological polar surface area (TPSA) is 48.1 Å². The highest BCUT2D eigenvalue weighted by Gasteiger charge is 2.33. The average Bonchev–Trinajstić information content (AvgIpc) is 2.10. The van der Waals surface area contributed by atoms with Crippen LogP contribution in [0.2, 0.25) is 0 Å². The summed E-state index contributed by atoms with van der Waals surface area (Å²) in [6.45, 7) is 1.61. The van der Waals surface area contributed by atoms with Gasteiger partial charge in [0.25, 0.3) is 0 Å². The van der Waals surface area contributed by atoms with E-state index in [2.05, 4.69) is 25.7 Å². The molecule has 0 aliphatic carbocycles. The second-order valence-corrected chi connectivity index (χ2v) is 3.36. The zero-order valence-electron chi connectivity index (χ0n) is 7.73. The summed E-state index contributed by atoms with van der Waals surface area (Å²) >= 11 is 3.06. The molecule has 1 heterocycles. The quantitative estimate of drug-likeness (QED) is 0.850. The molecular weight excluding hydrogens is 277 g/mol. The Morgan fingerprint density at radius 3 is 2.60 bits per heavy atom.